The Morgan fingerprint density at radius 3 is 2.39 bits per heavy atom. The van der Waals surface area contributed by atoms with Gasteiger partial charge in [-0.2, -0.15) is 5.10 Å². The number of methoxy groups -OCH3 is 1. The van der Waals surface area contributed by atoms with Gasteiger partial charge in [-0.15, -0.1) is 0 Å². The minimum Gasteiger partial charge on any atom is -0.469 e. The molecule has 0 radical (unpaired) electrons. The van der Waals surface area contributed by atoms with Gasteiger partial charge in [0.25, 0.3) is 5.91 Å². The van der Waals surface area contributed by atoms with E-state index in [0.29, 0.717) is 48.8 Å². The van der Waals surface area contributed by atoms with Gasteiger partial charge in [-0.1, -0.05) is 54.1 Å². The molecule has 1 aromatic heterocycles. The molecule has 0 unspecified atom stereocenters. The number of halogens is 1. The number of amides is 1. The minimum absolute atomic E-state index is 0.0763. The summed E-state index contributed by atoms with van der Waals surface area (Å²) in [5.41, 5.74) is 3.12. The van der Waals surface area contributed by atoms with Crippen LogP contribution in [0, 0.1) is 5.92 Å². The van der Waals surface area contributed by atoms with Crippen LogP contribution in [0.1, 0.15) is 28.8 Å². The van der Waals surface area contributed by atoms with Crippen molar-refractivity contribution in [1.82, 2.24) is 14.7 Å². The second kappa shape index (κ2) is 9.35. The Balaban J connectivity index is 1.61. The lowest BCUT2D eigenvalue weighted by Gasteiger charge is -2.30. The number of likely N-dealkylation sites (tertiary alicyclic amines) is 1. The van der Waals surface area contributed by atoms with Crippen molar-refractivity contribution in [1.29, 1.82) is 0 Å². The van der Waals surface area contributed by atoms with Crippen molar-refractivity contribution in [2.45, 2.75) is 19.4 Å². The van der Waals surface area contributed by atoms with E-state index in [4.69, 9.17) is 21.4 Å². The summed E-state index contributed by atoms with van der Waals surface area (Å²) < 4.78 is 6.65. The van der Waals surface area contributed by atoms with Crippen LogP contribution >= 0.6 is 11.6 Å². The van der Waals surface area contributed by atoms with Crippen LogP contribution < -0.4 is 0 Å². The van der Waals surface area contributed by atoms with Gasteiger partial charge in [-0.3, -0.25) is 14.3 Å². The molecule has 6 nitrogen and oxygen atoms in total. The van der Waals surface area contributed by atoms with E-state index in [9.17, 15) is 9.59 Å². The first-order valence-corrected chi connectivity index (χ1v) is 10.7. The van der Waals surface area contributed by atoms with Gasteiger partial charge in [0.15, 0.2) is 0 Å². The fourth-order valence-corrected chi connectivity index (χ4v) is 4.03. The zero-order chi connectivity index (χ0) is 21.8. The molecular formula is C24H24ClN3O3. The van der Waals surface area contributed by atoms with Crippen LogP contribution in [-0.4, -0.2) is 46.8 Å². The maximum atomic E-state index is 13.4. The van der Waals surface area contributed by atoms with E-state index in [1.54, 1.807) is 21.7 Å². The lowest BCUT2D eigenvalue weighted by molar-refractivity contribution is -0.146. The first-order valence-electron chi connectivity index (χ1n) is 10.3. The summed E-state index contributed by atoms with van der Waals surface area (Å²) in [4.78, 5) is 27.0. The van der Waals surface area contributed by atoms with Crippen molar-refractivity contribution >= 4 is 23.5 Å². The number of carbonyl (C=O) groups is 2. The van der Waals surface area contributed by atoms with Crippen LogP contribution in [0.5, 0.6) is 0 Å². The highest BCUT2D eigenvalue weighted by Gasteiger charge is 2.30. The highest BCUT2D eigenvalue weighted by molar-refractivity contribution is 6.30. The van der Waals surface area contributed by atoms with Crippen molar-refractivity contribution in [2.75, 3.05) is 20.2 Å². The summed E-state index contributed by atoms with van der Waals surface area (Å²) in [7, 11) is 1.40. The van der Waals surface area contributed by atoms with Gasteiger partial charge in [-0.25, -0.2) is 0 Å². The predicted molar refractivity (Wildman–Crippen MR) is 119 cm³/mol. The Bertz CT molecular complexity index is 1060. The maximum Gasteiger partial charge on any atom is 0.308 e. The quantitative estimate of drug-likeness (QED) is 0.559. The van der Waals surface area contributed by atoms with Crippen LogP contribution in [0.2, 0.25) is 5.02 Å². The number of piperidine rings is 1. The molecule has 1 fully saturated rings. The number of esters is 1. The lowest BCUT2D eigenvalue weighted by atomic mass is 9.96. The summed E-state index contributed by atoms with van der Waals surface area (Å²) in [6, 6.07) is 17.3. The van der Waals surface area contributed by atoms with E-state index in [1.807, 2.05) is 48.7 Å². The smallest absolute Gasteiger partial charge is 0.308 e. The third-order valence-corrected chi connectivity index (χ3v) is 5.87. The van der Waals surface area contributed by atoms with Gasteiger partial charge in [0.1, 0.15) is 5.69 Å². The number of rotatable bonds is 5. The molecule has 1 saturated heterocycles. The Morgan fingerprint density at radius 1 is 1.06 bits per heavy atom. The third kappa shape index (κ3) is 4.80. The van der Waals surface area contributed by atoms with E-state index in [-0.39, 0.29) is 17.8 Å². The molecule has 0 saturated carbocycles. The topological polar surface area (TPSA) is 64.4 Å². The van der Waals surface area contributed by atoms with Gasteiger partial charge in [0, 0.05) is 29.9 Å². The molecule has 7 heteroatoms. The van der Waals surface area contributed by atoms with Crippen LogP contribution in [0.25, 0.3) is 11.3 Å². The number of hydrogen-bond donors (Lipinski definition) is 0. The molecule has 1 aliphatic rings. The fourth-order valence-electron chi connectivity index (χ4n) is 3.91. The van der Waals surface area contributed by atoms with Gasteiger partial charge in [-0.05, 0) is 30.5 Å². The summed E-state index contributed by atoms with van der Waals surface area (Å²) in [5.74, 6) is -0.428. The molecule has 0 N–H and O–H groups in total. The second-order valence-electron chi connectivity index (χ2n) is 7.67. The molecule has 1 amide bonds. The molecule has 2 heterocycles. The Labute approximate surface area is 186 Å². The largest absolute Gasteiger partial charge is 0.469 e. The Morgan fingerprint density at radius 2 is 1.74 bits per heavy atom. The zero-order valence-corrected chi connectivity index (χ0v) is 18.1. The highest BCUT2D eigenvalue weighted by Crippen LogP contribution is 2.27. The maximum absolute atomic E-state index is 13.4. The lowest BCUT2D eigenvalue weighted by Crippen LogP contribution is -2.40. The highest BCUT2D eigenvalue weighted by atomic mass is 35.5. The molecule has 3 aromatic rings. The number of hydrogen-bond acceptors (Lipinski definition) is 4. The van der Waals surface area contributed by atoms with Crippen molar-refractivity contribution < 1.29 is 14.3 Å². The number of carbonyl (C=O) groups excluding carboxylic acids is 2. The van der Waals surface area contributed by atoms with Gasteiger partial charge < -0.3 is 9.64 Å². The number of aromatic nitrogens is 2. The molecule has 31 heavy (non-hydrogen) atoms. The number of ether oxygens (including phenoxy) is 1. The standard InChI is InChI=1S/C24H24ClN3O3/c1-31-24(30)19-11-13-27(14-12-19)23(29)21-16-28(15-17-5-3-2-4-6-17)26-22(21)18-7-9-20(25)10-8-18/h2-10,16,19H,11-15H2,1H3. The van der Waals surface area contributed by atoms with E-state index >= 15 is 0 Å². The van der Waals surface area contributed by atoms with Gasteiger partial charge >= 0.3 is 5.97 Å². The average Bonchev–Trinajstić information content (AvgIpc) is 3.23. The van der Waals surface area contributed by atoms with Gasteiger partial charge in [0.2, 0.25) is 0 Å². The fraction of sp³-hybridized carbons (Fsp3) is 0.292. The molecule has 0 aliphatic carbocycles. The van der Waals surface area contributed by atoms with Gasteiger partial charge in [0.05, 0.1) is 25.1 Å². The molecule has 0 bridgehead atoms. The summed E-state index contributed by atoms with van der Waals surface area (Å²) >= 11 is 6.05. The normalized spacial score (nSPS) is 14.5. The van der Waals surface area contributed by atoms with Crippen molar-refractivity contribution in [3.63, 3.8) is 0 Å². The summed E-state index contributed by atoms with van der Waals surface area (Å²) in [6.45, 7) is 1.60. The second-order valence-corrected chi connectivity index (χ2v) is 8.11. The SMILES string of the molecule is COC(=O)C1CCN(C(=O)c2cn(Cc3ccccc3)nc2-c2ccc(Cl)cc2)CC1. The molecule has 160 valence electrons. The van der Waals surface area contributed by atoms with Crippen LogP contribution in [0.4, 0.5) is 0 Å². The minimum atomic E-state index is -0.204. The average molecular weight is 438 g/mol. The monoisotopic (exact) mass is 437 g/mol. The molecule has 4 rings (SSSR count). The van der Waals surface area contributed by atoms with Crippen LogP contribution in [-0.2, 0) is 16.1 Å². The molecule has 0 atom stereocenters. The zero-order valence-electron chi connectivity index (χ0n) is 17.3. The van der Waals surface area contributed by atoms with Crippen LogP contribution in [0.3, 0.4) is 0 Å². The van der Waals surface area contributed by atoms with E-state index in [2.05, 4.69) is 0 Å². The van der Waals surface area contributed by atoms with Crippen molar-refractivity contribution in [3.05, 3.63) is 76.9 Å². The Kier molecular flexibility index (Phi) is 6.37. The summed E-state index contributed by atoms with van der Waals surface area (Å²) in [5, 5.41) is 5.36. The summed E-state index contributed by atoms with van der Waals surface area (Å²) in [6.07, 6.45) is 3.02. The van der Waals surface area contributed by atoms with E-state index < -0.39 is 0 Å². The molecule has 2 aromatic carbocycles. The van der Waals surface area contributed by atoms with E-state index in [1.165, 1.54) is 7.11 Å². The van der Waals surface area contributed by atoms with Crippen molar-refractivity contribution in [3.8, 4) is 11.3 Å². The Hall–Kier alpha value is -3.12. The molecule has 1 aliphatic heterocycles. The van der Waals surface area contributed by atoms with Crippen LogP contribution in [0.15, 0.2) is 60.8 Å². The third-order valence-electron chi connectivity index (χ3n) is 5.61. The molecule has 0 spiro atoms. The molecular weight excluding hydrogens is 414 g/mol. The first kappa shape index (κ1) is 21.1. The first-order chi connectivity index (χ1) is 15.0. The van der Waals surface area contributed by atoms with E-state index in [0.717, 1.165) is 11.1 Å². The number of benzene rings is 2. The van der Waals surface area contributed by atoms with Crippen molar-refractivity contribution in [2.24, 2.45) is 5.92 Å². The number of nitrogens with zero attached hydrogens (tertiary/aromatic N) is 3. The predicted octanol–water partition coefficient (Wildman–Crippen LogP) is 4.28.